The minimum atomic E-state index is -0.588. The van der Waals surface area contributed by atoms with Crippen LogP contribution < -0.4 is 4.74 Å². The lowest BCUT2D eigenvalue weighted by molar-refractivity contribution is 0.0214. The van der Waals surface area contributed by atoms with E-state index in [0.717, 1.165) is 48.6 Å². The summed E-state index contributed by atoms with van der Waals surface area (Å²) in [6.45, 7) is 6.29. The van der Waals surface area contributed by atoms with Crippen LogP contribution in [0.3, 0.4) is 0 Å². The number of ether oxygens (including phenoxy) is 2. The van der Waals surface area contributed by atoms with Crippen LogP contribution in [-0.2, 0) is 17.8 Å². The van der Waals surface area contributed by atoms with E-state index in [9.17, 15) is 4.79 Å². The molecule has 1 fully saturated rings. The first-order valence-corrected chi connectivity index (χ1v) is 12.4. The first-order chi connectivity index (χ1) is 16.8. The molecular weight excluding hydrogens is 501 g/mol. The molecule has 0 radical (unpaired) electrons. The Hall–Kier alpha value is -2.84. The van der Waals surface area contributed by atoms with Gasteiger partial charge in [-0.15, -0.1) is 22.6 Å². The van der Waals surface area contributed by atoms with Crippen molar-refractivity contribution < 1.29 is 14.3 Å². The van der Waals surface area contributed by atoms with Gasteiger partial charge in [0.25, 0.3) is 0 Å². The molecule has 36 heavy (non-hydrogen) atoms. The summed E-state index contributed by atoms with van der Waals surface area (Å²) in [6, 6.07) is 11.5. The highest BCUT2D eigenvalue weighted by Gasteiger charge is 2.33. The van der Waals surface area contributed by atoms with Crippen molar-refractivity contribution in [2.75, 3.05) is 0 Å². The van der Waals surface area contributed by atoms with Crippen molar-refractivity contribution in [1.82, 2.24) is 24.6 Å². The lowest BCUT2D eigenvalue weighted by Crippen LogP contribution is -2.35. The molecule has 2 aliphatic rings. The minimum absolute atomic E-state index is 0. The summed E-state index contributed by atoms with van der Waals surface area (Å²) < 4.78 is 13.8. The number of hydrogen-bond acceptors (Lipinski definition) is 6. The van der Waals surface area contributed by atoms with E-state index in [0.29, 0.717) is 24.0 Å². The Bertz CT molecular complexity index is 1200. The average molecular weight is 532 g/mol. The normalized spacial score (nSPS) is 19.4. The first kappa shape index (κ1) is 26.2. The van der Waals surface area contributed by atoms with Gasteiger partial charge >= 0.3 is 6.09 Å². The zero-order valence-corrected chi connectivity index (χ0v) is 22.3. The zero-order chi connectivity index (χ0) is 24.6. The number of halogens is 2. The molecule has 1 saturated carbocycles. The van der Waals surface area contributed by atoms with Gasteiger partial charge in [0.2, 0.25) is 5.88 Å². The molecule has 0 unspecified atom stereocenters. The number of nitrogens with zero attached hydrogens (tertiary/aromatic N) is 5. The van der Waals surface area contributed by atoms with E-state index in [-0.39, 0.29) is 30.5 Å². The summed E-state index contributed by atoms with van der Waals surface area (Å²) in [7, 11) is 0. The van der Waals surface area contributed by atoms with Gasteiger partial charge in [0.1, 0.15) is 17.5 Å². The van der Waals surface area contributed by atoms with Crippen LogP contribution in [0.2, 0.25) is 5.02 Å². The van der Waals surface area contributed by atoms with Crippen LogP contribution >= 0.6 is 24.0 Å². The summed E-state index contributed by atoms with van der Waals surface area (Å²) in [5.41, 5.74) is 1.31. The van der Waals surface area contributed by atoms with Crippen LogP contribution in [-0.4, -0.2) is 42.4 Å². The molecule has 0 spiro atoms. The van der Waals surface area contributed by atoms with Crippen LogP contribution in [0.25, 0.3) is 5.69 Å². The molecule has 3 aromatic rings. The van der Waals surface area contributed by atoms with Crippen molar-refractivity contribution in [3.05, 3.63) is 64.8 Å². The average Bonchev–Trinajstić information content (AvgIpc) is 3.15. The topological polar surface area (TPSA) is 82.4 Å². The molecular formula is C26H31Cl2N5O3. The largest absolute Gasteiger partial charge is 0.474 e. The van der Waals surface area contributed by atoms with Gasteiger partial charge in [0.05, 0.1) is 18.8 Å². The molecule has 2 aromatic heterocycles. The highest BCUT2D eigenvalue weighted by atomic mass is 35.5. The third-order valence-electron chi connectivity index (χ3n) is 6.35. The van der Waals surface area contributed by atoms with Gasteiger partial charge in [-0.1, -0.05) is 17.7 Å². The molecule has 1 aliphatic heterocycles. The number of benzene rings is 1. The van der Waals surface area contributed by atoms with Gasteiger partial charge in [0.15, 0.2) is 5.82 Å². The van der Waals surface area contributed by atoms with E-state index in [1.807, 2.05) is 57.2 Å². The standard InChI is InChI=1S/C26H30ClN5O3.ClH/c1-26(2,3)35-25(33)31-15-18-14-19(27)9-12-21(18)32-22(16-31)29-30-24(32)17-7-10-20(11-8-17)34-23-6-4-5-13-28-23;/h4-6,9,12-14,17,20H,7-8,10-11,15-16H2,1-3H3;1H/t17-,20+;. The van der Waals surface area contributed by atoms with Crippen LogP contribution in [0, 0.1) is 0 Å². The monoisotopic (exact) mass is 531 g/mol. The zero-order valence-electron chi connectivity index (χ0n) is 20.7. The summed E-state index contributed by atoms with van der Waals surface area (Å²) in [4.78, 5) is 18.9. The van der Waals surface area contributed by atoms with Gasteiger partial charge in [0, 0.05) is 23.2 Å². The Morgan fingerprint density at radius 2 is 1.83 bits per heavy atom. The Morgan fingerprint density at radius 3 is 2.53 bits per heavy atom. The quantitative estimate of drug-likeness (QED) is 0.406. The van der Waals surface area contributed by atoms with Crippen molar-refractivity contribution in [3.63, 3.8) is 0 Å². The van der Waals surface area contributed by atoms with Crippen molar-refractivity contribution in [1.29, 1.82) is 0 Å². The Kier molecular flexibility index (Phi) is 7.76. The molecule has 0 atom stereocenters. The van der Waals surface area contributed by atoms with Gasteiger partial charge in [-0.2, -0.15) is 0 Å². The number of fused-ring (bicyclic) bond motifs is 3. The number of amides is 1. The maximum atomic E-state index is 13.0. The van der Waals surface area contributed by atoms with Crippen molar-refractivity contribution in [2.24, 2.45) is 0 Å². The molecule has 10 heteroatoms. The summed E-state index contributed by atoms with van der Waals surface area (Å²) in [6.07, 6.45) is 5.22. The van der Waals surface area contributed by atoms with Gasteiger partial charge in [-0.05, 0) is 76.3 Å². The molecule has 0 bridgehead atoms. The summed E-state index contributed by atoms with van der Waals surface area (Å²) in [5.74, 6) is 2.56. The second-order valence-electron chi connectivity index (χ2n) is 10.2. The maximum absolute atomic E-state index is 13.0. The number of aromatic nitrogens is 4. The fourth-order valence-corrected chi connectivity index (χ4v) is 4.97. The SMILES string of the molecule is CC(C)(C)OC(=O)N1Cc2cc(Cl)ccc2-n2c(nnc2[C@H]2CC[C@@H](Oc3ccccn3)CC2)C1.Cl. The Balaban J connectivity index is 0.00000304. The summed E-state index contributed by atoms with van der Waals surface area (Å²) in [5, 5.41) is 9.75. The highest BCUT2D eigenvalue weighted by molar-refractivity contribution is 6.30. The van der Waals surface area contributed by atoms with E-state index in [2.05, 4.69) is 19.7 Å². The summed E-state index contributed by atoms with van der Waals surface area (Å²) >= 11 is 6.34. The van der Waals surface area contributed by atoms with E-state index in [1.54, 1.807) is 11.1 Å². The van der Waals surface area contributed by atoms with E-state index >= 15 is 0 Å². The van der Waals surface area contributed by atoms with E-state index < -0.39 is 5.60 Å². The molecule has 8 nitrogen and oxygen atoms in total. The fourth-order valence-electron chi connectivity index (χ4n) is 4.77. The highest BCUT2D eigenvalue weighted by Crippen LogP contribution is 2.37. The molecule has 3 heterocycles. The molecule has 5 rings (SSSR count). The van der Waals surface area contributed by atoms with Crippen LogP contribution in [0.5, 0.6) is 5.88 Å². The molecule has 0 N–H and O–H groups in total. The second-order valence-corrected chi connectivity index (χ2v) is 10.6. The number of pyridine rings is 1. The predicted molar refractivity (Wildman–Crippen MR) is 139 cm³/mol. The van der Waals surface area contributed by atoms with Crippen molar-refractivity contribution in [2.45, 2.75) is 77.2 Å². The van der Waals surface area contributed by atoms with E-state index in [1.165, 1.54) is 0 Å². The number of rotatable bonds is 3. The molecule has 1 aliphatic carbocycles. The van der Waals surface area contributed by atoms with Crippen LogP contribution in [0.4, 0.5) is 4.79 Å². The molecule has 192 valence electrons. The Morgan fingerprint density at radius 1 is 1.06 bits per heavy atom. The maximum Gasteiger partial charge on any atom is 0.411 e. The fraction of sp³-hybridized carbons (Fsp3) is 0.462. The van der Waals surface area contributed by atoms with Gasteiger partial charge in [-0.3, -0.25) is 9.47 Å². The first-order valence-electron chi connectivity index (χ1n) is 12.1. The van der Waals surface area contributed by atoms with Crippen molar-refractivity contribution >= 4 is 30.1 Å². The number of carbonyl (C=O) groups is 1. The second kappa shape index (κ2) is 10.6. The number of carbonyl (C=O) groups excluding carboxylic acids is 1. The van der Waals surface area contributed by atoms with Gasteiger partial charge in [-0.25, -0.2) is 9.78 Å². The van der Waals surface area contributed by atoms with E-state index in [4.69, 9.17) is 21.1 Å². The minimum Gasteiger partial charge on any atom is -0.474 e. The third-order valence-corrected chi connectivity index (χ3v) is 6.58. The Labute approximate surface area is 222 Å². The third kappa shape index (κ3) is 5.76. The van der Waals surface area contributed by atoms with Crippen molar-refractivity contribution in [3.8, 4) is 11.6 Å². The lowest BCUT2D eigenvalue weighted by Gasteiger charge is -2.28. The van der Waals surface area contributed by atoms with Crippen LogP contribution in [0.1, 0.15) is 69.6 Å². The van der Waals surface area contributed by atoms with Crippen LogP contribution in [0.15, 0.2) is 42.6 Å². The van der Waals surface area contributed by atoms with Gasteiger partial charge < -0.3 is 9.47 Å². The molecule has 0 saturated heterocycles. The lowest BCUT2D eigenvalue weighted by atomic mass is 9.86. The molecule has 1 aromatic carbocycles. The smallest absolute Gasteiger partial charge is 0.411 e. The molecule has 1 amide bonds. The predicted octanol–water partition coefficient (Wildman–Crippen LogP) is 6.09. The number of hydrogen-bond donors (Lipinski definition) is 0.